The van der Waals surface area contributed by atoms with Gasteiger partial charge in [0.2, 0.25) is 17.6 Å². The molecule has 130 valence electrons. The number of thioether (sulfide) groups is 1. The lowest BCUT2D eigenvalue weighted by atomic mass is 10.2. The van der Waals surface area contributed by atoms with Crippen molar-refractivity contribution in [2.24, 2.45) is 0 Å². The van der Waals surface area contributed by atoms with E-state index in [4.69, 9.17) is 9.26 Å². The Morgan fingerprint density at radius 1 is 1.23 bits per heavy atom. The number of aryl methyl sites for hydroxylation is 1. The van der Waals surface area contributed by atoms with E-state index in [9.17, 15) is 9.59 Å². The first-order valence-electron chi connectivity index (χ1n) is 7.78. The first kappa shape index (κ1) is 16.3. The predicted molar refractivity (Wildman–Crippen MR) is 95.2 cm³/mol. The fourth-order valence-electron chi connectivity index (χ4n) is 2.46. The molecule has 0 fully saturated rings. The maximum absolute atomic E-state index is 12.4. The van der Waals surface area contributed by atoms with Crippen molar-refractivity contribution in [3.05, 3.63) is 53.9 Å². The molecule has 0 unspecified atom stereocenters. The highest BCUT2D eigenvalue weighted by molar-refractivity contribution is 8.00. The highest BCUT2D eigenvalue weighted by Crippen LogP contribution is 2.32. The summed E-state index contributed by atoms with van der Waals surface area (Å²) >= 11 is 1.44. The molecule has 0 radical (unpaired) electrons. The van der Waals surface area contributed by atoms with E-state index in [1.54, 1.807) is 49.4 Å². The SMILES string of the molecule is Cc1nc(-c2ccc(OC(=O)c3ccc4c(c3)NC(=O)CS4)cc2)no1. The lowest BCUT2D eigenvalue weighted by Crippen LogP contribution is -2.19. The number of benzene rings is 2. The molecule has 7 nitrogen and oxygen atoms in total. The summed E-state index contributed by atoms with van der Waals surface area (Å²) in [6.45, 7) is 1.71. The van der Waals surface area contributed by atoms with Gasteiger partial charge in [-0.15, -0.1) is 11.8 Å². The van der Waals surface area contributed by atoms with E-state index in [2.05, 4.69) is 15.5 Å². The number of nitrogens with zero attached hydrogens (tertiary/aromatic N) is 2. The van der Waals surface area contributed by atoms with Crippen LogP contribution in [0.4, 0.5) is 5.69 Å². The zero-order chi connectivity index (χ0) is 18.1. The Balaban J connectivity index is 1.49. The van der Waals surface area contributed by atoms with E-state index in [1.807, 2.05) is 0 Å². The molecule has 26 heavy (non-hydrogen) atoms. The van der Waals surface area contributed by atoms with Gasteiger partial charge in [0.1, 0.15) is 5.75 Å². The molecular formula is C18H13N3O4S. The second-order valence-electron chi connectivity index (χ2n) is 5.60. The fraction of sp³-hybridized carbons (Fsp3) is 0.111. The van der Waals surface area contributed by atoms with Gasteiger partial charge >= 0.3 is 5.97 Å². The molecule has 2 heterocycles. The Hall–Kier alpha value is -3.13. The molecular weight excluding hydrogens is 354 g/mol. The molecule has 2 aromatic carbocycles. The van der Waals surface area contributed by atoms with Crippen LogP contribution in [0.3, 0.4) is 0 Å². The summed E-state index contributed by atoms with van der Waals surface area (Å²) in [6.07, 6.45) is 0. The molecule has 0 aliphatic carbocycles. The average molecular weight is 367 g/mol. The van der Waals surface area contributed by atoms with Crippen molar-refractivity contribution < 1.29 is 18.8 Å². The van der Waals surface area contributed by atoms with E-state index in [1.165, 1.54) is 11.8 Å². The van der Waals surface area contributed by atoms with Gasteiger partial charge in [-0.3, -0.25) is 4.79 Å². The van der Waals surface area contributed by atoms with E-state index in [0.29, 0.717) is 34.5 Å². The van der Waals surface area contributed by atoms with Gasteiger partial charge < -0.3 is 14.6 Å². The Bertz CT molecular complexity index is 998. The van der Waals surface area contributed by atoms with Crippen molar-refractivity contribution >= 4 is 29.3 Å². The van der Waals surface area contributed by atoms with Gasteiger partial charge in [-0.1, -0.05) is 5.16 Å². The van der Waals surface area contributed by atoms with Crippen LogP contribution >= 0.6 is 11.8 Å². The molecule has 0 saturated heterocycles. The topological polar surface area (TPSA) is 94.3 Å². The van der Waals surface area contributed by atoms with Gasteiger partial charge in [0.05, 0.1) is 17.0 Å². The molecule has 1 N–H and O–H groups in total. The van der Waals surface area contributed by atoms with Crippen LogP contribution in [-0.4, -0.2) is 27.8 Å². The maximum Gasteiger partial charge on any atom is 0.343 e. The van der Waals surface area contributed by atoms with Gasteiger partial charge in [0.15, 0.2) is 0 Å². The number of carbonyl (C=O) groups is 2. The zero-order valence-electron chi connectivity index (χ0n) is 13.7. The molecule has 0 saturated carbocycles. The number of anilines is 1. The van der Waals surface area contributed by atoms with Crippen LogP contribution in [0.5, 0.6) is 5.75 Å². The van der Waals surface area contributed by atoms with Crippen LogP contribution in [0.1, 0.15) is 16.2 Å². The highest BCUT2D eigenvalue weighted by atomic mass is 32.2. The standard InChI is InChI=1S/C18H13N3O4S/c1-10-19-17(21-25-10)11-2-5-13(6-3-11)24-18(23)12-4-7-15-14(8-12)20-16(22)9-26-15/h2-8H,9H2,1H3,(H,20,22). The monoisotopic (exact) mass is 367 g/mol. The zero-order valence-corrected chi connectivity index (χ0v) is 14.5. The number of fused-ring (bicyclic) bond motifs is 1. The molecule has 8 heteroatoms. The number of hydrogen-bond acceptors (Lipinski definition) is 7. The predicted octanol–water partition coefficient (Wildman–Crippen LogP) is 3.31. The number of ether oxygens (including phenoxy) is 1. The van der Waals surface area contributed by atoms with Gasteiger partial charge in [-0.2, -0.15) is 4.98 Å². The first-order valence-corrected chi connectivity index (χ1v) is 8.77. The normalized spacial score (nSPS) is 13.0. The minimum atomic E-state index is -0.499. The van der Waals surface area contributed by atoms with Crippen LogP contribution in [0, 0.1) is 6.92 Å². The number of carbonyl (C=O) groups excluding carboxylic acids is 2. The van der Waals surface area contributed by atoms with Crippen LogP contribution < -0.4 is 10.1 Å². The molecule has 0 spiro atoms. The van der Waals surface area contributed by atoms with Crippen molar-refractivity contribution in [1.82, 2.24) is 10.1 Å². The fourth-order valence-corrected chi connectivity index (χ4v) is 3.25. The third kappa shape index (κ3) is 3.31. The minimum Gasteiger partial charge on any atom is -0.423 e. The van der Waals surface area contributed by atoms with Crippen LogP contribution in [-0.2, 0) is 4.79 Å². The largest absolute Gasteiger partial charge is 0.423 e. The van der Waals surface area contributed by atoms with Crippen molar-refractivity contribution in [2.75, 3.05) is 11.1 Å². The summed E-state index contributed by atoms with van der Waals surface area (Å²) in [5, 5.41) is 6.60. The average Bonchev–Trinajstić information content (AvgIpc) is 3.08. The summed E-state index contributed by atoms with van der Waals surface area (Å²) in [5.41, 5.74) is 1.75. The molecule has 0 bridgehead atoms. The summed E-state index contributed by atoms with van der Waals surface area (Å²) < 4.78 is 10.3. The quantitative estimate of drug-likeness (QED) is 0.560. The number of rotatable bonds is 3. The molecule has 1 aliphatic rings. The van der Waals surface area contributed by atoms with Gasteiger partial charge in [-0.25, -0.2) is 4.79 Å². The number of nitrogens with one attached hydrogen (secondary N) is 1. The summed E-state index contributed by atoms with van der Waals surface area (Å²) in [6, 6.07) is 11.9. The Labute approximate surface area is 152 Å². The molecule has 1 aromatic heterocycles. The maximum atomic E-state index is 12.4. The van der Waals surface area contributed by atoms with E-state index >= 15 is 0 Å². The highest BCUT2D eigenvalue weighted by Gasteiger charge is 2.18. The molecule has 1 amide bonds. The molecule has 4 rings (SSSR count). The molecule has 0 atom stereocenters. The van der Waals surface area contributed by atoms with Crippen molar-refractivity contribution in [1.29, 1.82) is 0 Å². The van der Waals surface area contributed by atoms with Gasteiger partial charge in [0.25, 0.3) is 0 Å². The number of hydrogen-bond donors (Lipinski definition) is 1. The molecule has 1 aliphatic heterocycles. The summed E-state index contributed by atoms with van der Waals surface area (Å²) in [5.74, 6) is 1.15. The summed E-state index contributed by atoms with van der Waals surface area (Å²) in [7, 11) is 0. The first-order chi connectivity index (χ1) is 12.6. The Morgan fingerprint density at radius 3 is 2.77 bits per heavy atom. The van der Waals surface area contributed by atoms with Crippen molar-refractivity contribution in [2.45, 2.75) is 11.8 Å². The van der Waals surface area contributed by atoms with Crippen LogP contribution in [0.2, 0.25) is 0 Å². The summed E-state index contributed by atoms with van der Waals surface area (Å²) in [4.78, 5) is 28.9. The van der Waals surface area contributed by atoms with Crippen LogP contribution in [0.25, 0.3) is 11.4 Å². The smallest absolute Gasteiger partial charge is 0.343 e. The van der Waals surface area contributed by atoms with Gasteiger partial charge in [-0.05, 0) is 42.5 Å². The number of amides is 1. The second-order valence-corrected chi connectivity index (χ2v) is 6.62. The Morgan fingerprint density at radius 2 is 2.04 bits per heavy atom. The van der Waals surface area contributed by atoms with E-state index in [0.717, 1.165) is 10.5 Å². The molecule has 3 aromatic rings. The minimum absolute atomic E-state index is 0.0830. The van der Waals surface area contributed by atoms with E-state index in [-0.39, 0.29) is 5.91 Å². The van der Waals surface area contributed by atoms with Crippen molar-refractivity contribution in [3.63, 3.8) is 0 Å². The third-order valence-electron chi connectivity index (χ3n) is 3.70. The van der Waals surface area contributed by atoms with E-state index < -0.39 is 5.97 Å². The lowest BCUT2D eigenvalue weighted by molar-refractivity contribution is -0.113. The Kier molecular flexibility index (Phi) is 4.18. The van der Waals surface area contributed by atoms with Gasteiger partial charge in [0, 0.05) is 17.4 Å². The van der Waals surface area contributed by atoms with Crippen LogP contribution in [0.15, 0.2) is 51.9 Å². The number of esters is 1. The number of aromatic nitrogens is 2. The second kappa shape index (κ2) is 6.64. The van der Waals surface area contributed by atoms with Crippen molar-refractivity contribution in [3.8, 4) is 17.1 Å². The third-order valence-corrected chi connectivity index (χ3v) is 4.77. The lowest BCUT2D eigenvalue weighted by Gasteiger charge is -2.16.